The molecule has 0 radical (unpaired) electrons. The lowest BCUT2D eigenvalue weighted by Crippen LogP contribution is -2.46. The first-order chi connectivity index (χ1) is 6.97. The Morgan fingerprint density at radius 1 is 1.47 bits per heavy atom. The fourth-order valence-electron chi connectivity index (χ4n) is 0.993. The Hall–Kier alpha value is -1.14. The van der Waals surface area contributed by atoms with Gasteiger partial charge in [0.2, 0.25) is 11.8 Å². The highest BCUT2D eigenvalue weighted by molar-refractivity contribution is 5.86. The van der Waals surface area contributed by atoms with E-state index in [1.54, 1.807) is 6.92 Å². The standard InChI is InChI=1S/C9H18N2O4/c1-6(11-7(2)12)9(14)10-4-8(13)5-15-3/h6,8,13H,4-5H2,1-3H3,(H,10,14)(H,11,12). The van der Waals surface area contributed by atoms with Crippen LogP contribution in [0, 0.1) is 0 Å². The first-order valence-corrected chi connectivity index (χ1v) is 4.69. The second-order valence-electron chi connectivity index (χ2n) is 3.28. The summed E-state index contributed by atoms with van der Waals surface area (Å²) in [4.78, 5) is 21.9. The number of ether oxygens (including phenoxy) is 1. The molecule has 15 heavy (non-hydrogen) atoms. The smallest absolute Gasteiger partial charge is 0.242 e. The molecule has 0 aromatic carbocycles. The molecule has 2 amide bonds. The fourth-order valence-corrected chi connectivity index (χ4v) is 0.993. The van der Waals surface area contributed by atoms with Crippen LogP contribution in [0.1, 0.15) is 13.8 Å². The molecule has 0 saturated heterocycles. The minimum atomic E-state index is -0.733. The number of aliphatic hydroxyl groups excluding tert-OH is 1. The fraction of sp³-hybridized carbons (Fsp3) is 0.778. The summed E-state index contributed by atoms with van der Waals surface area (Å²) in [5.74, 6) is -0.601. The van der Waals surface area contributed by atoms with Gasteiger partial charge in [-0.1, -0.05) is 0 Å². The van der Waals surface area contributed by atoms with Crippen LogP contribution in [-0.2, 0) is 14.3 Å². The molecule has 88 valence electrons. The Labute approximate surface area is 89.0 Å². The van der Waals surface area contributed by atoms with E-state index in [4.69, 9.17) is 0 Å². The van der Waals surface area contributed by atoms with Crippen molar-refractivity contribution in [2.75, 3.05) is 20.3 Å². The van der Waals surface area contributed by atoms with Crippen molar-refractivity contribution in [2.45, 2.75) is 26.0 Å². The third kappa shape index (κ3) is 6.87. The van der Waals surface area contributed by atoms with Crippen LogP contribution in [0.4, 0.5) is 0 Å². The van der Waals surface area contributed by atoms with E-state index in [1.165, 1.54) is 14.0 Å². The third-order valence-electron chi connectivity index (χ3n) is 1.68. The van der Waals surface area contributed by atoms with Crippen LogP contribution in [0.15, 0.2) is 0 Å². The van der Waals surface area contributed by atoms with Crippen LogP contribution in [-0.4, -0.2) is 49.3 Å². The lowest BCUT2D eigenvalue weighted by Gasteiger charge is -2.15. The maximum atomic E-state index is 11.3. The first kappa shape index (κ1) is 13.9. The minimum absolute atomic E-state index is 0.108. The Kier molecular flexibility index (Phi) is 6.64. The number of carbonyl (C=O) groups is 2. The maximum absolute atomic E-state index is 11.3. The quantitative estimate of drug-likeness (QED) is 0.513. The monoisotopic (exact) mass is 218 g/mol. The van der Waals surface area contributed by atoms with Crippen molar-refractivity contribution >= 4 is 11.8 Å². The predicted octanol–water partition coefficient (Wildman–Crippen LogP) is -1.37. The van der Waals surface area contributed by atoms with Gasteiger partial charge >= 0.3 is 0 Å². The van der Waals surface area contributed by atoms with Crippen molar-refractivity contribution in [3.8, 4) is 0 Å². The molecular weight excluding hydrogens is 200 g/mol. The number of hydrogen-bond donors (Lipinski definition) is 3. The summed E-state index contributed by atoms with van der Waals surface area (Å²) in [6.45, 7) is 3.17. The van der Waals surface area contributed by atoms with Gasteiger partial charge in [-0.3, -0.25) is 9.59 Å². The summed E-state index contributed by atoms with van der Waals surface area (Å²) < 4.78 is 4.69. The Balaban J connectivity index is 3.77. The van der Waals surface area contributed by atoms with Crippen LogP contribution < -0.4 is 10.6 Å². The molecule has 2 atom stereocenters. The van der Waals surface area contributed by atoms with Crippen molar-refractivity contribution in [1.82, 2.24) is 10.6 Å². The largest absolute Gasteiger partial charge is 0.389 e. The number of hydrogen-bond acceptors (Lipinski definition) is 4. The molecule has 0 aliphatic rings. The molecule has 0 fully saturated rings. The number of rotatable bonds is 6. The molecule has 0 aliphatic carbocycles. The average Bonchev–Trinajstić information content (AvgIpc) is 2.13. The molecule has 0 spiro atoms. The summed E-state index contributed by atoms with van der Waals surface area (Å²) in [6, 6.07) is -0.600. The molecule has 0 bridgehead atoms. The number of aliphatic hydroxyl groups is 1. The summed E-state index contributed by atoms with van der Waals surface area (Å²) in [5.41, 5.74) is 0. The van der Waals surface area contributed by atoms with E-state index < -0.39 is 12.1 Å². The zero-order valence-electron chi connectivity index (χ0n) is 9.24. The highest BCUT2D eigenvalue weighted by Crippen LogP contribution is 1.85. The van der Waals surface area contributed by atoms with E-state index in [0.717, 1.165) is 0 Å². The number of methoxy groups -OCH3 is 1. The molecule has 0 heterocycles. The van der Waals surface area contributed by atoms with Gasteiger partial charge in [-0.15, -0.1) is 0 Å². The van der Waals surface area contributed by atoms with Crippen LogP contribution in [0.3, 0.4) is 0 Å². The van der Waals surface area contributed by atoms with Crippen molar-refractivity contribution in [3.05, 3.63) is 0 Å². The number of nitrogens with one attached hydrogen (secondary N) is 2. The van der Waals surface area contributed by atoms with Crippen molar-refractivity contribution in [2.24, 2.45) is 0 Å². The van der Waals surface area contributed by atoms with Gasteiger partial charge < -0.3 is 20.5 Å². The molecule has 3 N–H and O–H groups in total. The maximum Gasteiger partial charge on any atom is 0.242 e. The molecular formula is C9H18N2O4. The van der Waals surface area contributed by atoms with Crippen molar-refractivity contribution in [1.29, 1.82) is 0 Å². The second-order valence-corrected chi connectivity index (χ2v) is 3.28. The van der Waals surface area contributed by atoms with Crippen molar-refractivity contribution < 1.29 is 19.4 Å². The van der Waals surface area contributed by atoms with Gasteiger partial charge in [-0.2, -0.15) is 0 Å². The SMILES string of the molecule is COCC(O)CNC(=O)C(C)NC(C)=O. The van der Waals surface area contributed by atoms with Gasteiger partial charge in [0.25, 0.3) is 0 Å². The van der Waals surface area contributed by atoms with Crippen molar-refractivity contribution in [3.63, 3.8) is 0 Å². The topological polar surface area (TPSA) is 87.7 Å². The van der Waals surface area contributed by atoms with Gasteiger partial charge in [-0.25, -0.2) is 0 Å². The summed E-state index contributed by atoms with van der Waals surface area (Å²) in [6.07, 6.45) is -0.733. The normalized spacial score (nSPS) is 14.1. The van der Waals surface area contributed by atoms with Gasteiger partial charge in [0, 0.05) is 20.6 Å². The predicted molar refractivity (Wildman–Crippen MR) is 54.2 cm³/mol. The summed E-state index contributed by atoms with van der Waals surface area (Å²) in [5, 5.41) is 14.2. The molecule has 0 aliphatic heterocycles. The molecule has 6 heteroatoms. The summed E-state index contributed by atoms with van der Waals surface area (Å²) >= 11 is 0. The van der Waals surface area contributed by atoms with Gasteiger partial charge in [0.05, 0.1) is 12.7 Å². The van der Waals surface area contributed by atoms with Crippen LogP contribution in [0.25, 0.3) is 0 Å². The average molecular weight is 218 g/mol. The van der Waals surface area contributed by atoms with Crippen LogP contribution >= 0.6 is 0 Å². The summed E-state index contributed by atoms with van der Waals surface area (Å²) in [7, 11) is 1.46. The molecule has 0 saturated carbocycles. The Bertz CT molecular complexity index is 220. The van der Waals surface area contributed by atoms with Crippen LogP contribution in [0.2, 0.25) is 0 Å². The van der Waals surface area contributed by atoms with Crippen LogP contribution in [0.5, 0.6) is 0 Å². The van der Waals surface area contributed by atoms with E-state index in [0.29, 0.717) is 0 Å². The Morgan fingerprint density at radius 2 is 2.07 bits per heavy atom. The zero-order chi connectivity index (χ0) is 11.8. The Morgan fingerprint density at radius 3 is 2.53 bits per heavy atom. The lowest BCUT2D eigenvalue weighted by atomic mass is 10.3. The van der Waals surface area contributed by atoms with E-state index in [2.05, 4.69) is 15.4 Å². The molecule has 2 unspecified atom stereocenters. The zero-order valence-corrected chi connectivity index (χ0v) is 9.24. The third-order valence-corrected chi connectivity index (χ3v) is 1.68. The van der Waals surface area contributed by atoms with E-state index in [1.807, 2.05) is 0 Å². The number of carbonyl (C=O) groups excluding carboxylic acids is 2. The van der Waals surface area contributed by atoms with Gasteiger partial charge in [0.1, 0.15) is 6.04 Å². The second kappa shape index (κ2) is 7.19. The van der Waals surface area contributed by atoms with Gasteiger partial charge in [0.15, 0.2) is 0 Å². The molecule has 6 nitrogen and oxygen atoms in total. The van der Waals surface area contributed by atoms with Gasteiger partial charge in [-0.05, 0) is 6.92 Å². The highest BCUT2D eigenvalue weighted by atomic mass is 16.5. The lowest BCUT2D eigenvalue weighted by molar-refractivity contribution is -0.128. The van der Waals surface area contributed by atoms with E-state index in [9.17, 15) is 14.7 Å². The van der Waals surface area contributed by atoms with E-state index in [-0.39, 0.29) is 25.0 Å². The minimum Gasteiger partial charge on any atom is -0.389 e. The highest BCUT2D eigenvalue weighted by Gasteiger charge is 2.14. The first-order valence-electron chi connectivity index (χ1n) is 4.69. The molecule has 0 rings (SSSR count). The van der Waals surface area contributed by atoms with E-state index >= 15 is 0 Å². The number of amides is 2. The molecule has 0 aromatic heterocycles. The molecule has 0 aromatic rings.